The molecule has 0 radical (unpaired) electrons. The maximum atomic E-state index is 12.1. The van der Waals surface area contributed by atoms with Gasteiger partial charge in [-0.25, -0.2) is 4.98 Å². The Balaban J connectivity index is 1.63. The molecular formula is C22H27N5O2S. The van der Waals surface area contributed by atoms with Crippen molar-refractivity contribution in [3.8, 4) is 5.88 Å². The van der Waals surface area contributed by atoms with Gasteiger partial charge in [0.05, 0.1) is 16.9 Å². The number of carbonyl (C=O) groups excluding carboxylic acids is 1. The van der Waals surface area contributed by atoms with E-state index in [9.17, 15) is 4.79 Å². The molecule has 1 unspecified atom stereocenters. The lowest BCUT2D eigenvalue weighted by Gasteiger charge is -2.23. The summed E-state index contributed by atoms with van der Waals surface area (Å²) < 4.78 is 8.39. The summed E-state index contributed by atoms with van der Waals surface area (Å²) in [6.45, 7) is 11.1. The van der Waals surface area contributed by atoms with Gasteiger partial charge in [-0.1, -0.05) is 6.58 Å². The van der Waals surface area contributed by atoms with Gasteiger partial charge in [0.1, 0.15) is 12.4 Å². The van der Waals surface area contributed by atoms with Gasteiger partial charge in [-0.15, -0.1) is 11.3 Å². The normalized spacial score (nSPS) is 16.4. The van der Waals surface area contributed by atoms with Gasteiger partial charge in [0, 0.05) is 35.9 Å². The van der Waals surface area contributed by atoms with Gasteiger partial charge in [-0.05, 0) is 45.8 Å². The lowest BCUT2D eigenvalue weighted by Crippen LogP contribution is -2.38. The van der Waals surface area contributed by atoms with Crippen molar-refractivity contribution in [2.24, 2.45) is 0 Å². The summed E-state index contributed by atoms with van der Waals surface area (Å²) in [5.41, 5.74) is 1.05. The first-order valence-electron chi connectivity index (χ1n) is 10.2. The average molecular weight is 426 g/mol. The number of aryl methyl sites for hydroxylation is 1. The molecule has 4 heterocycles. The van der Waals surface area contributed by atoms with E-state index in [0.29, 0.717) is 24.3 Å². The monoisotopic (exact) mass is 425 g/mol. The molecule has 1 amide bonds. The molecule has 3 aromatic heterocycles. The molecule has 8 heteroatoms. The second-order valence-electron chi connectivity index (χ2n) is 7.81. The number of thiazole rings is 1. The SMILES string of the molecule is C=CC(=O)N1CCCC1COc1nc(Nc2ncc(C)s2)cc2c1ccn2C(C)C. The molecule has 4 rings (SSSR count). The third-order valence-corrected chi connectivity index (χ3v) is 6.17. The third kappa shape index (κ3) is 4.05. The van der Waals surface area contributed by atoms with Gasteiger partial charge in [0.25, 0.3) is 0 Å². The van der Waals surface area contributed by atoms with Crippen LogP contribution in [0.25, 0.3) is 10.9 Å². The molecule has 1 N–H and O–H groups in total. The van der Waals surface area contributed by atoms with Crippen LogP contribution in [0.15, 0.2) is 37.2 Å². The van der Waals surface area contributed by atoms with Crippen molar-refractivity contribution >= 4 is 39.1 Å². The predicted molar refractivity (Wildman–Crippen MR) is 121 cm³/mol. The van der Waals surface area contributed by atoms with E-state index in [1.165, 1.54) is 6.08 Å². The highest BCUT2D eigenvalue weighted by Gasteiger charge is 2.28. The van der Waals surface area contributed by atoms with Gasteiger partial charge in [-0.2, -0.15) is 4.98 Å². The number of amides is 1. The fraction of sp³-hybridized carbons (Fsp3) is 0.409. The first-order chi connectivity index (χ1) is 14.5. The summed E-state index contributed by atoms with van der Waals surface area (Å²) >= 11 is 1.58. The Morgan fingerprint density at radius 2 is 2.33 bits per heavy atom. The molecule has 3 aromatic rings. The largest absolute Gasteiger partial charge is 0.475 e. The number of rotatable bonds is 7. The van der Waals surface area contributed by atoms with Gasteiger partial charge < -0.3 is 19.5 Å². The van der Waals surface area contributed by atoms with Crippen LogP contribution in [0.4, 0.5) is 10.9 Å². The van der Waals surface area contributed by atoms with Crippen molar-refractivity contribution in [1.29, 1.82) is 0 Å². The minimum Gasteiger partial charge on any atom is -0.475 e. The van der Waals surface area contributed by atoms with Crippen molar-refractivity contribution in [3.63, 3.8) is 0 Å². The van der Waals surface area contributed by atoms with Crippen LogP contribution in [0.3, 0.4) is 0 Å². The van der Waals surface area contributed by atoms with Crippen LogP contribution in [0.1, 0.15) is 37.6 Å². The van der Waals surface area contributed by atoms with E-state index in [1.807, 2.05) is 30.2 Å². The molecule has 0 saturated carbocycles. The second-order valence-corrected chi connectivity index (χ2v) is 9.04. The van der Waals surface area contributed by atoms with Gasteiger partial charge in [0.2, 0.25) is 11.8 Å². The highest BCUT2D eigenvalue weighted by atomic mass is 32.1. The molecule has 158 valence electrons. The minimum absolute atomic E-state index is 0.0396. The maximum absolute atomic E-state index is 12.1. The molecule has 30 heavy (non-hydrogen) atoms. The van der Waals surface area contributed by atoms with Crippen molar-refractivity contribution in [2.45, 2.75) is 45.7 Å². The zero-order chi connectivity index (χ0) is 21.3. The number of hydrogen-bond acceptors (Lipinski definition) is 6. The molecule has 0 aromatic carbocycles. The Bertz CT molecular complexity index is 1070. The summed E-state index contributed by atoms with van der Waals surface area (Å²) in [4.78, 5) is 24.2. The fourth-order valence-electron chi connectivity index (χ4n) is 3.86. The van der Waals surface area contributed by atoms with Crippen LogP contribution in [0.2, 0.25) is 0 Å². The van der Waals surface area contributed by atoms with E-state index in [1.54, 1.807) is 11.3 Å². The van der Waals surface area contributed by atoms with E-state index in [-0.39, 0.29) is 11.9 Å². The van der Waals surface area contributed by atoms with Crippen LogP contribution < -0.4 is 10.1 Å². The minimum atomic E-state index is -0.0419. The van der Waals surface area contributed by atoms with Crippen LogP contribution in [0, 0.1) is 6.92 Å². The third-order valence-electron chi connectivity index (χ3n) is 5.34. The van der Waals surface area contributed by atoms with Crippen molar-refractivity contribution in [2.75, 3.05) is 18.5 Å². The Morgan fingerprint density at radius 3 is 3.03 bits per heavy atom. The lowest BCUT2D eigenvalue weighted by molar-refractivity contribution is -0.127. The fourth-order valence-corrected chi connectivity index (χ4v) is 4.53. The molecule has 0 bridgehead atoms. The van der Waals surface area contributed by atoms with Gasteiger partial charge in [0.15, 0.2) is 5.13 Å². The predicted octanol–water partition coefficient (Wildman–Crippen LogP) is 4.68. The van der Waals surface area contributed by atoms with E-state index < -0.39 is 0 Å². The van der Waals surface area contributed by atoms with E-state index in [4.69, 9.17) is 9.72 Å². The molecular weight excluding hydrogens is 398 g/mol. The average Bonchev–Trinajstić information content (AvgIpc) is 3.45. The molecule has 1 saturated heterocycles. The summed E-state index contributed by atoms with van der Waals surface area (Å²) in [5.74, 6) is 1.22. The van der Waals surface area contributed by atoms with Crippen molar-refractivity contribution in [3.05, 3.63) is 42.1 Å². The van der Waals surface area contributed by atoms with E-state index >= 15 is 0 Å². The lowest BCUT2D eigenvalue weighted by atomic mass is 10.2. The van der Waals surface area contributed by atoms with Crippen LogP contribution >= 0.6 is 11.3 Å². The maximum Gasteiger partial charge on any atom is 0.246 e. The Morgan fingerprint density at radius 1 is 1.50 bits per heavy atom. The first kappa shape index (κ1) is 20.4. The zero-order valence-corrected chi connectivity index (χ0v) is 18.4. The van der Waals surface area contributed by atoms with E-state index in [0.717, 1.165) is 40.3 Å². The van der Waals surface area contributed by atoms with Crippen molar-refractivity contribution in [1.82, 2.24) is 19.4 Å². The number of hydrogen-bond donors (Lipinski definition) is 1. The second kappa shape index (κ2) is 8.47. The molecule has 1 atom stereocenters. The number of nitrogens with one attached hydrogen (secondary N) is 1. The standard InChI is InChI=1S/C22H27N5O2S/c1-5-20(28)27-9-6-7-16(27)13-29-21-17-8-10-26(14(2)3)18(17)11-19(24-21)25-22-23-12-15(4)30-22/h5,8,10-12,14,16H,1,6-7,9,13H2,2-4H3,(H,23,24,25). The molecule has 1 aliphatic rings. The number of pyridine rings is 1. The quantitative estimate of drug-likeness (QED) is 0.557. The Labute approximate surface area is 180 Å². The summed E-state index contributed by atoms with van der Waals surface area (Å²) in [7, 11) is 0. The van der Waals surface area contributed by atoms with Crippen LogP contribution in [-0.4, -0.2) is 44.5 Å². The molecule has 0 aliphatic carbocycles. The van der Waals surface area contributed by atoms with Gasteiger partial charge in [-0.3, -0.25) is 4.79 Å². The van der Waals surface area contributed by atoms with Crippen LogP contribution in [0.5, 0.6) is 5.88 Å². The topological polar surface area (TPSA) is 72.3 Å². The zero-order valence-electron chi connectivity index (χ0n) is 17.6. The molecule has 7 nitrogen and oxygen atoms in total. The number of carbonyl (C=O) groups is 1. The van der Waals surface area contributed by atoms with E-state index in [2.05, 4.69) is 41.5 Å². The van der Waals surface area contributed by atoms with Crippen LogP contribution in [-0.2, 0) is 4.79 Å². The number of anilines is 2. The van der Waals surface area contributed by atoms with Gasteiger partial charge >= 0.3 is 0 Å². The highest BCUT2D eigenvalue weighted by molar-refractivity contribution is 7.15. The molecule has 1 fully saturated rings. The Kier molecular flexibility index (Phi) is 5.76. The number of nitrogens with zero attached hydrogens (tertiary/aromatic N) is 4. The Hall–Kier alpha value is -2.87. The molecule has 1 aliphatic heterocycles. The summed E-state index contributed by atoms with van der Waals surface area (Å²) in [5, 5.41) is 5.06. The highest BCUT2D eigenvalue weighted by Crippen LogP contribution is 2.32. The summed E-state index contributed by atoms with van der Waals surface area (Å²) in [6.07, 6.45) is 7.17. The molecule has 0 spiro atoms. The smallest absolute Gasteiger partial charge is 0.246 e. The summed E-state index contributed by atoms with van der Waals surface area (Å²) in [6, 6.07) is 4.42. The first-order valence-corrected chi connectivity index (χ1v) is 11.0. The number of fused-ring (bicyclic) bond motifs is 1. The van der Waals surface area contributed by atoms with Crippen molar-refractivity contribution < 1.29 is 9.53 Å². The number of ether oxygens (including phenoxy) is 1. The number of aromatic nitrogens is 3. The number of likely N-dealkylation sites (tertiary alicyclic amines) is 1.